The highest BCUT2D eigenvalue weighted by molar-refractivity contribution is 5.86. The van der Waals surface area contributed by atoms with E-state index in [1.165, 1.54) is 6.21 Å². The number of rotatable bonds is 5. The molecule has 1 amide bonds. The van der Waals surface area contributed by atoms with Gasteiger partial charge < -0.3 is 5.11 Å². The lowest BCUT2D eigenvalue weighted by molar-refractivity contribution is -0.120. The molecular formula is C13H13N3O2. The Labute approximate surface area is 105 Å². The van der Waals surface area contributed by atoms with Crippen molar-refractivity contribution in [3.8, 4) is 11.8 Å². The first kappa shape index (κ1) is 13.5. The summed E-state index contributed by atoms with van der Waals surface area (Å²) < 4.78 is 0. The van der Waals surface area contributed by atoms with Gasteiger partial charge in [-0.3, -0.25) is 4.79 Å². The smallest absolute Gasteiger partial charge is 0.254 e. The Morgan fingerprint density at radius 2 is 2.39 bits per heavy atom. The highest BCUT2D eigenvalue weighted by atomic mass is 16.3. The topological polar surface area (TPSA) is 85.5 Å². The summed E-state index contributed by atoms with van der Waals surface area (Å²) in [5.41, 5.74) is 3.41. The summed E-state index contributed by atoms with van der Waals surface area (Å²) in [6.07, 6.45) is 3.32. The van der Waals surface area contributed by atoms with Gasteiger partial charge in [-0.25, -0.2) is 5.43 Å². The molecule has 1 aromatic rings. The number of nitrogens with one attached hydrogen (secondary N) is 1. The zero-order valence-electron chi connectivity index (χ0n) is 9.76. The van der Waals surface area contributed by atoms with Crippen LogP contribution in [-0.2, 0) is 11.2 Å². The Balaban J connectivity index is 2.76. The average molecular weight is 243 g/mol. The molecule has 0 aliphatic carbocycles. The van der Waals surface area contributed by atoms with Gasteiger partial charge in [0.15, 0.2) is 0 Å². The molecule has 5 heteroatoms. The van der Waals surface area contributed by atoms with Crippen molar-refractivity contribution in [2.45, 2.75) is 12.8 Å². The standard InChI is InChI=1S/C13H13N3O2/c1-2-4-10-5-3-6-11(13(10)18)9-15-16-12(17)7-8-14/h2-3,5-6,9,18H,1,4,7H2,(H,16,17). The van der Waals surface area contributed by atoms with Crippen LogP contribution in [0.3, 0.4) is 0 Å². The van der Waals surface area contributed by atoms with E-state index in [1.54, 1.807) is 30.3 Å². The van der Waals surface area contributed by atoms with Gasteiger partial charge in [-0.15, -0.1) is 6.58 Å². The summed E-state index contributed by atoms with van der Waals surface area (Å²) in [6.45, 7) is 3.60. The molecular weight excluding hydrogens is 230 g/mol. The van der Waals surface area contributed by atoms with E-state index in [4.69, 9.17) is 5.26 Å². The Morgan fingerprint density at radius 3 is 3.06 bits per heavy atom. The molecule has 2 N–H and O–H groups in total. The van der Waals surface area contributed by atoms with Crippen molar-refractivity contribution in [3.63, 3.8) is 0 Å². The van der Waals surface area contributed by atoms with Crippen LogP contribution < -0.4 is 5.43 Å². The molecule has 5 nitrogen and oxygen atoms in total. The Bertz CT molecular complexity index is 515. The third-order valence-corrected chi connectivity index (χ3v) is 2.15. The van der Waals surface area contributed by atoms with Crippen molar-refractivity contribution in [2.24, 2.45) is 5.10 Å². The zero-order chi connectivity index (χ0) is 13.4. The van der Waals surface area contributed by atoms with Crippen LogP contribution in [0.25, 0.3) is 0 Å². The minimum atomic E-state index is -0.490. The van der Waals surface area contributed by atoms with Crippen LogP contribution in [0.2, 0.25) is 0 Å². The number of phenols is 1. The molecule has 0 aliphatic rings. The number of hydrogen-bond acceptors (Lipinski definition) is 4. The number of nitrogens with zero attached hydrogens (tertiary/aromatic N) is 2. The molecule has 0 spiro atoms. The molecule has 0 fully saturated rings. The quantitative estimate of drug-likeness (QED) is 0.466. The van der Waals surface area contributed by atoms with E-state index in [1.807, 2.05) is 0 Å². The van der Waals surface area contributed by atoms with Gasteiger partial charge in [-0.05, 0) is 18.1 Å². The van der Waals surface area contributed by atoms with Crippen LogP contribution in [0.5, 0.6) is 5.75 Å². The molecule has 1 aromatic carbocycles. The summed E-state index contributed by atoms with van der Waals surface area (Å²) in [6, 6.07) is 6.93. The number of aromatic hydroxyl groups is 1. The number of carbonyl (C=O) groups is 1. The van der Waals surface area contributed by atoms with Crippen LogP contribution in [0, 0.1) is 11.3 Å². The van der Waals surface area contributed by atoms with Crippen molar-refractivity contribution in [3.05, 3.63) is 42.0 Å². The zero-order valence-corrected chi connectivity index (χ0v) is 9.76. The van der Waals surface area contributed by atoms with Crippen LogP contribution in [0.15, 0.2) is 36.0 Å². The molecule has 0 unspecified atom stereocenters. The van der Waals surface area contributed by atoms with Crippen LogP contribution in [0.1, 0.15) is 17.5 Å². The SMILES string of the molecule is C=CCc1cccc(C=NNC(=O)CC#N)c1O. The van der Waals surface area contributed by atoms with E-state index in [-0.39, 0.29) is 12.2 Å². The molecule has 0 atom stereocenters. The third kappa shape index (κ3) is 3.76. The van der Waals surface area contributed by atoms with Crippen LogP contribution >= 0.6 is 0 Å². The number of carbonyl (C=O) groups excluding carboxylic acids is 1. The van der Waals surface area contributed by atoms with Crippen molar-refractivity contribution in [1.29, 1.82) is 5.26 Å². The van der Waals surface area contributed by atoms with E-state index >= 15 is 0 Å². The number of allylic oxidation sites excluding steroid dienone is 1. The molecule has 0 heterocycles. The molecule has 0 aliphatic heterocycles. The second-order valence-corrected chi connectivity index (χ2v) is 3.48. The van der Waals surface area contributed by atoms with Gasteiger partial charge >= 0.3 is 0 Å². The molecule has 0 radical (unpaired) electrons. The summed E-state index contributed by atoms with van der Waals surface area (Å²) in [4.78, 5) is 11.0. The molecule has 0 bridgehead atoms. The fraction of sp³-hybridized carbons (Fsp3) is 0.154. The largest absolute Gasteiger partial charge is 0.507 e. The number of para-hydroxylation sites is 1. The maximum atomic E-state index is 11.0. The maximum absolute atomic E-state index is 11.0. The lowest BCUT2D eigenvalue weighted by Crippen LogP contribution is -2.16. The second-order valence-electron chi connectivity index (χ2n) is 3.48. The van der Waals surface area contributed by atoms with Crippen molar-refractivity contribution in [2.75, 3.05) is 0 Å². The molecule has 0 saturated carbocycles. The van der Waals surface area contributed by atoms with Gasteiger partial charge in [0.2, 0.25) is 0 Å². The monoisotopic (exact) mass is 243 g/mol. The lowest BCUT2D eigenvalue weighted by Gasteiger charge is -2.04. The average Bonchev–Trinajstić information content (AvgIpc) is 2.34. The Kier molecular flexibility index (Phi) is 5.13. The second kappa shape index (κ2) is 6.86. The van der Waals surface area contributed by atoms with Gasteiger partial charge in [0, 0.05) is 5.56 Å². The first-order valence-electron chi connectivity index (χ1n) is 5.29. The van der Waals surface area contributed by atoms with Crippen molar-refractivity contribution < 1.29 is 9.90 Å². The predicted molar refractivity (Wildman–Crippen MR) is 68.0 cm³/mol. The van der Waals surface area contributed by atoms with E-state index in [9.17, 15) is 9.90 Å². The fourth-order valence-electron chi connectivity index (χ4n) is 1.32. The Hall–Kier alpha value is -2.61. The normalized spacial score (nSPS) is 9.94. The molecule has 0 saturated heterocycles. The maximum Gasteiger partial charge on any atom is 0.254 e. The fourth-order valence-corrected chi connectivity index (χ4v) is 1.32. The van der Waals surface area contributed by atoms with E-state index in [0.717, 1.165) is 5.56 Å². The number of nitriles is 1. The summed E-state index contributed by atoms with van der Waals surface area (Å²) in [5, 5.41) is 21.8. The first-order valence-corrected chi connectivity index (χ1v) is 5.29. The highest BCUT2D eigenvalue weighted by Crippen LogP contribution is 2.21. The van der Waals surface area contributed by atoms with Crippen molar-refractivity contribution in [1.82, 2.24) is 5.43 Å². The van der Waals surface area contributed by atoms with Gasteiger partial charge in [0.25, 0.3) is 5.91 Å². The van der Waals surface area contributed by atoms with Crippen molar-refractivity contribution >= 4 is 12.1 Å². The first-order chi connectivity index (χ1) is 8.69. The van der Waals surface area contributed by atoms with Gasteiger partial charge in [0.05, 0.1) is 12.3 Å². The van der Waals surface area contributed by atoms with E-state index in [0.29, 0.717) is 12.0 Å². The van der Waals surface area contributed by atoms with Gasteiger partial charge in [-0.1, -0.05) is 18.2 Å². The molecule has 1 rings (SSSR count). The minimum absolute atomic E-state index is 0.107. The van der Waals surface area contributed by atoms with Gasteiger partial charge in [-0.2, -0.15) is 10.4 Å². The van der Waals surface area contributed by atoms with Crippen LogP contribution in [-0.4, -0.2) is 17.2 Å². The Morgan fingerprint density at radius 1 is 1.61 bits per heavy atom. The summed E-state index contributed by atoms with van der Waals surface area (Å²) in [7, 11) is 0. The van der Waals surface area contributed by atoms with E-state index < -0.39 is 5.91 Å². The molecule has 18 heavy (non-hydrogen) atoms. The number of phenolic OH excluding ortho intramolecular Hbond substituents is 1. The number of benzene rings is 1. The lowest BCUT2D eigenvalue weighted by atomic mass is 10.1. The van der Waals surface area contributed by atoms with Crippen LogP contribution in [0.4, 0.5) is 0 Å². The molecule has 0 aromatic heterocycles. The minimum Gasteiger partial charge on any atom is -0.507 e. The number of hydrazone groups is 1. The summed E-state index contributed by atoms with van der Waals surface area (Å²) >= 11 is 0. The summed E-state index contributed by atoms with van der Waals surface area (Å²) in [5.74, 6) is -0.383. The molecule has 92 valence electrons. The predicted octanol–water partition coefficient (Wildman–Crippen LogP) is 1.48. The number of hydrogen-bond donors (Lipinski definition) is 2. The van der Waals surface area contributed by atoms with Gasteiger partial charge in [0.1, 0.15) is 12.2 Å². The number of amides is 1. The third-order valence-electron chi connectivity index (χ3n) is 2.15. The highest BCUT2D eigenvalue weighted by Gasteiger charge is 2.03. The van der Waals surface area contributed by atoms with E-state index in [2.05, 4.69) is 17.1 Å².